The minimum Gasteiger partial charge on any atom is -0.496 e. The molecule has 0 unspecified atom stereocenters. The Balaban J connectivity index is 1.73. The number of aromatic nitrogens is 4. The number of ether oxygens (including phenoxy) is 1. The quantitative estimate of drug-likeness (QED) is 0.497. The van der Waals surface area contributed by atoms with E-state index in [9.17, 15) is 18.0 Å². The maximum absolute atomic E-state index is 12.9. The van der Waals surface area contributed by atoms with E-state index < -0.39 is 17.6 Å². The number of nitrogens with one attached hydrogen (secondary N) is 1. The molecule has 1 N–H and O–H groups in total. The molecule has 0 aliphatic heterocycles. The lowest BCUT2D eigenvalue weighted by molar-refractivity contribution is -0.137. The SMILES string of the molecule is COc1ccccc1-c1c(C)nn2c(C)c(C(=O)Nc3cccc(C(F)(F)F)c3)nnc12. The first kappa shape index (κ1) is 21.3. The van der Waals surface area contributed by atoms with Gasteiger partial charge in [0.25, 0.3) is 5.91 Å². The predicted molar refractivity (Wildman–Crippen MR) is 112 cm³/mol. The highest BCUT2D eigenvalue weighted by atomic mass is 19.4. The summed E-state index contributed by atoms with van der Waals surface area (Å²) >= 11 is 0. The third kappa shape index (κ3) is 3.75. The lowest BCUT2D eigenvalue weighted by Crippen LogP contribution is -2.19. The standard InChI is InChI=1S/C22H18F3N5O2/c1-12-18(16-9-4-5-10-17(16)32-3)20-28-27-19(13(2)30(20)29-12)21(31)26-15-8-6-7-14(11-15)22(23,24)25/h4-11H,1-3H3,(H,26,31). The molecule has 0 aliphatic rings. The van der Waals surface area contributed by atoms with Crippen LogP contribution in [0.4, 0.5) is 18.9 Å². The molecule has 10 heteroatoms. The number of alkyl halides is 3. The summed E-state index contributed by atoms with van der Waals surface area (Å²) in [6, 6.07) is 11.8. The highest BCUT2D eigenvalue weighted by Crippen LogP contribution is 2.35. The van der Waals surface area contributed by atoms with Gasteiger partial charge < -0.3 is 10.1 Å². The number of fused-ring (bicyclic) bond motifs is 1. The number of anilines is 1. The van der Waals surface area contributed by atoms with Crippen molar-refractivity contribution in [2.45, 2.75) is 20.0 Å². The summed E-state index contributed by atoms with van der Waals surface area (Å²) in [5, 5.41) is 15.2. The summed E-state index contributed by atoms with van der Waals surface area (Å²) in [7, 11) is 1.56. The minimum atomic E-state index is -4.52. The third-order valence-corrected chi connectivity index (χ3v) is 4.98. The van der Waals surface area contributed by atoms with Crippen molar-refractivity contribution in [2.75, 3.05) is 12.4 Å². The number of nitrogens with zero attached hydrogens (tertiary/aromatic N) is 4. The van der Waals surface area contributed by atoms with E-state index in [4.69, 9.17) is 4.74 Å². The molecule has 4 aromatic rings. The van der Waals surface area contributed by atoms with Crippen LogP contribution in [0.1, 0.15) is 27.4 Å². The average molecular weight is 441 g/mol. The van der Waals surface area contributed by atoms with Crippen LogP contribution in [0, 0.1) is 13.8 Å². The van der Waals surface area contributed by atoms with E-state index in [0.29, 0.717) is 28.3 Å². The monoisotopic (exact) mass is 441 g/mol. The maximum Gasteiger partial charge on any atom is 0.416 e. The van der Waals surface area contributed by atoms with Crippen LogP contribution in [0.15, 0.2) is 48.5 Å². The van der Waals surface area contributed by atoms with Crippen molar-refractivity contribution in [1.29, 1.82) is 0 Å². The molecule has 0 aliphatic carbocycles. The second-order valence-electron chi connectivity index (χ2n) is 7.06. The number of hydrogen-bond acceptors (Lipinski definition) is 5. The van der Waals surface area contributed by atoms with E-state index in [1.807, 2.05) is 24.3 Å². The first-order valence-corrected chi connectivity index (χ1v) is 9.55. The Labute approximate surface area is 180 Å². The van der Waals surface area contributed by atoms with Crippen LogP contribution in [-0.4, -0.2) is 32.8 Å². The van der Waals surface area contributed by atoms with Crippen molar-refractivity contribution in [3.8, 4) is 16.9 Å². The summed E-state index contributed by atoms with van der Waals surface area (Å²) in [6.07, 6.45) is -4.52. The summed E-state index contributed by atoms with van der Waals surface area (Å²) in [5.41, 5.74) is 2.05. The molecule has 4 rings (SSSR count). The lowest BCUT2D eigenvalue weighted by atomic mass is 10.1. The third-order valence-electron chi connectivity index (χ3n) is 4.98. The van der Waals surface area contributed by atoms with Gasteiger partial charge in [0.15, 0.2) is 11.3 Å². The van der Waals surface area contributed by atoms with Gasteiger partial charge in [0, 0.05) is 11.3 Å². The van der Waals surface area contributed by atoms with Gasteiger partial charge in [-0.3, -0.25) is 4.79 Å². The van der Waals surface area contributed by atoms with Gasteiger partial charge in [-0.05, 0) is 38.1 Å². The maximum atomic E-state index is 12.9. The predicted octanol–water partition coefficient (Wildman–Crippen LogP) is 4.69. The Morgan fingerprint density at radius 2 is 1.81 bits per heavy atom. The van der Waals surface area contributed by atoms with Crippen LogP contribution < -0.4 is 10.1 Å². The summed E-state index contributed by atoms with van der Waals surface area (Å²) in [5.74, 6) is -0.0560. The van der Waals surface area contributed by atoms with Crippen LogP contribution in [0.2, 0.25) is 0 Å². The normalized spacial score (nSPS) is 11.6. The summed E-state index contributed by atoms with van der Waals surface area (Å²) in [6.45, 7) is 3.44. The first-order chi connectivity index (χ1) is 15.2. The number of carbonyl (C=O) groups excluding carboxylic acids is 1. The highest BCUT2D eigenvalue weighted by molar-refractivity contribution is 6.03. The molecular formula is C22H18F3N5O2. The molecule has 0 fully saturated rings. The molecule has 7 nitrogen and oxygen atoms in total. The van der Waals surface area contributed by atoms with E-state index in [1.54, 1.807) is 21.0 Å². The molecule has 0 radical (unpaired) electrons. The van der Waals surface area contributed by atoms with Crippen LogP contribution in [-0.2, 0) is 6.18 Å². The molecule has 2 heterocycles. The fourth-order valence-electron chi connectivity index (χ4n) is 3.45. The Bertz CT molecular complexity index is 1330. The Morgan fingerprint density at radius 3 is 2.53 bits per heavy atom. The van der Waals surface area contributed by atoms with Crippen LogP contribution in [0.5, 0.6) is 5.75 Å². The van der Waals surface area contributed by atoms with Crippen molar-refractivity contribution in [1.82, 2.24) is 19.8 Å². The Hall–Kier alpha value is -3.95. The molecule has 1 amide bonds. The van der Waals surface area contributed by atoms with Crippen LogP contribution in [0.3, 0.4) is 0 Å². The minimum absolute atomic E-state index is 0.00233. The van der Waals surface area contributed by atoms with Gasteiger partial charge in [0.1, 0.15) is 5.75 Å². The number of methoxy groups -OCH3 is 1. The van der Waals surface area contributed by atoms with E-state index in [1.165, 1.54) is 16.6 Å². The van der Waals surface area contributed by atoms with Crippen LogP contribution >= 0.6 is 0 Å². The number of halogens is 3. The molecule has 0 saturated carbocycles. The number of benzene rings is 2. The molecule has 164 valence electrons. The summed E-state index contributed by atoms with van der Waals surface area (Å²) in [4.78, 5) is 12.7. The van der Waals surface area contributed by atoms with E-state index in [-0.39, 0.29) is 11.4 Å². The lowest BCUT2D eigenvalue weighted by Gasteiger charge is -2.11. The van der Waals surface area contributed by atoms with E-state index >= 15 is 0 Å². The van der Waals surface area contributed by atoms with Gasteiger partial charge in [-0.15, -0.1) is 10.2 Å². The van der Waals surface area contributed by atoms with Crippen molar-refractivity contribution >= 4 is 17.2 Å². The van der Waals surface area contributed by atoms with Crippen molar-refractivity contribution in [3.63, 3.8) is 0 Å². The van der Waals surface area contributed by atoms with Gasteiger partial charge in [-0.2, -0.15) is 18.3 Å². The van der Waals surface area contributed by atoms with E-state index in [0.717, 1.165) is 17.7 Å². The molecule has 2 aromatic heterocycles. The molecule has 32 heavy (non-hydrogen) atoms. The Kier molecular flexibility index (Phi) is 5.29. The second kappa shape index (κ2) is 7.95. The second-order valence-corrected chi connectivity index (χ2v) is 7.06. The number of amides is 1. The van der Waals surface area contributed by atoms with Gasteiger partial charge in [0.2, 0.25) is 0 Å². The van der Waals surface area contributed by atoms with Crippen molar-refractivity contribution in [2.24, 2.45) is 0 Å². The average Bonchev–Trinajstić information content (AvgIpc) is 3.10. The van der Waals surface area contributed by atoms with Crippen molar-refractivity contribution < 1.29 is 22.7 Å². The first-order valence-electron chi connectivity index (χ1n) is 9.55. The van der Waals surface area contributed by atoms with Crippen molar-refractivity contribution in [3.05, 3.63) is 71.2 Å². The molecule has 0 bridgehead atoms. The van der Waals surface area contributed by atoms with Gasteiger partial charge in [-0.25, -0.2) is 4.52 Å². The highest BCUT2D eigenvalue weighted by Gasteiger charge is 2.30. The zero-order valence-electron chi connectivity index (χ0n) is 17.4. The number of carbonyl (C=O) groups is 1. The fraction of sp³-hybridized carbons (Fsp3) is 0.182. The fourth-order valence-corrected chi connectivity index (χ4v) is 3.45. The van der Waals surface area contributed by atoms with E-state index in [2.05, 4.69) is 20.6 Å². The number of hydrogen-bond donors (Lipinski definition) is 1. The van der Waals surface area contributed by atoms with Gasteiger partial charge in [0.05, 0.1) is 29.6 Å². The Morgan fingerprint density at radius 1 is 1.06 bits per heavy atom. The van der Waals surface area contributed by atoms with Gasteiger partial charge in [-0.1, -0.05) is 24.3 Å². The zero-order valence-corrected chi connectivity index (χ0v) is 17.4. The van der Waals surface area contributed by atoms with Crippen LogP contribution in [0.25, 0.3) is 16.8 Å². The molecule has 2 aromatic carbocycles. The summed E-state index contributed by atoms with van der Waals surface area (Å²) < 4.78 is 45.8. The smallest absolute Gasteiger partial charge is 0.416 e. The van der Waals surface area contributed by atoms with Gasteiger partial charge >= 0.3 is 6.18 Å². The topological polar surface area (TPSA) is 81.4 Å². The number of rotatable bonds is 4. The zero-order chi connectivity index (χ0) is 23.0. The molecule has 0 spiro atoms. The molecular weight excluding hydrogens is 423 g/mol. The molecule has 0 atom stereocenters. The largest absolute Gasteiger partial charge is 0.496 e. The molecule has 0 saturated heterocycles. The number of para-hydroxylation sites is 1. The number of aryl methyl sites for hydroxylation is 2.